The third kappa shape index (κ3) is 3.55. The van der Waals surface area contributed by atoms with E-state index in [-0.39, 0.29) is 0 Å². The van der Waals surface area contributed by atoms with Crippen molar-refractivity contribution >= 4 is 23.1 Å². The summed E-state index contributed by atoms with van der Waals surface area (Å²) in [4.78, 5) is 4.11. The molecule has 0 saturated carbocycles. The Kier molecular flexibility index (Phi) is 5.37. The summed E-state index contributed by atoms with van der Waals surface area (Å²) in [7, 11) is 0. The molecule has 0 N–H and O–H groups in total. The number of nitrogens with zero attached hydrogens (tertiary/aromatic N) is 1. The Morgan fingerprint density at radius 1 is 1.19 bits per heavy atom. The molecule has 0 heterocycles. The maximum atomic E-state index is 4.66. The summed E-state index contributed by atoms with van der Waals surface area (Å²) in [6, 6.07) is 4.43. The van der Waals surface area contributed by atoms with Crippen LogP contribution < -0.4 is 0 Å². The lowest BCUT2D eigenvalue weighted by Crippen LogP contribution is -1.89. The van der Waals surface area contributed by atoms with Gasteiger partial charge in [0.05, 0.1) is 10.8 Å². The van der Waals surface area contributed by atoms with Crippen LogP contribution in [0.1, 0.15) is 42.9 Å². The molecule has 86 valence electrons. The Bertz CT molecular complexity index is 380. The summed E-state index contributed by atoms with van der Waals surface area (Å²) in [6.07, 6.45) is 5.01. The van der Waals surface area contributed by atoms with Crippen LogP contribution in [0.15, 0.2) is 17.1 Å². The second-order valence-corrected chi connectivity index (χ2v) is 4.42. The molecule has 2 heteroatoms. The van der Waals surface area contributed by atoms with Gasteiger partial charge in [-0.2, -0.15) is 4.99 Å². The van der Waals surface area contributed by atoms with Gasteiger partial charge in [-0.1, -0.05) is 31.9 Å². The first kappa shape index (κ1) is 13.1. The lowest BCUT2D eigenvalue weighted by molar-refractivity contribution is 0.717. The van der Waals surface area contributed by atoms with Crippen LogP contribution in [-0.4, -0.2) is 5.16 Å². The van der Waals surface area contributed by atoms with E-state index in [9.17, 15) is 0 Å². The Morgan fingerprint density at radius 3 is 2.31 bits per heavy atom. The van der Waals surface area contributed by atoms with E-state index in [0.717, 1.165) is 12.1 Å². The van der Waals surface area contributed by atoms with Crippen molar-refractivity contribution < 1.29 is 0 Å². The number of isothiocyanates is 1. The van der Waals surface area contributed by atoms with E-state index in [4.69, 9.17) is 0 Å². The molecule has 0 fully saturated rings. The number of unbranched alkanes of at least 4 members (excludes halogenated alkanes) is 2. The summed E-state index contributed by atoms with van der Waals surface area (Å²) in [6.45, 7) is 6.40. The summed E-state index contributed by atoms with van der Waals surface area (Å²) >= 11 is 4.66. The normalized spacial score (nSPS) is 9.94. The van der Waals surface area contributed by atoms with E-state index in [1.54, 1.807) is 0 Å². The van der Waals surface area contributed by atoms with Crippen LogP contribution in [0.5, 0.6) is 0 Å². The van der Waals surface area contributed by atoms with Gasteiger partial charge in [-0.25, -0.2) is 0 Å². The predicted molar refractivity (Wildman–Crippen MR) is 73.8 cm³/mol. The predicted octanol–water partition coefficient (Wildman–Crippen LogP) is 4.77. The molecule has 1 aromatic carbocycles. The fourth-order valence-electron chi connectivity index (χ4n) is 1.99. The average Bonchev–Trinajstić information content (AvgIpc) is 2.24. The van der Waals surface area contributed by atoms with E-state index in [1.165, 1.54) is 36.0 Å². The van der Waals surface area contributed by atoms with Crippen molar-refractivity contribution in [3.8, 4) is 0 Å². The van der Waals surface area contributed by atoms with Crippen LogP contribution in [-0.2, 0) is 6.42 Å². The molecule has 1 aromatic rings. The van der Waals surface area contributed by atoms with Crippen LogP contribution >= 0.6 is 12.2 Å². The molecular weight excluding hydrogens is 214 g/mol. The monoisotopic (exact) mass is 233 g/mol. The van der Waals surface area contributed by atoms with E-state index >= 15 is 0 Å². The molecule has 0 aliphatic heterocycles. The molecular formula is C14H19NS. The summed E-state index contributed by atoms with van der Waals surface area (Å²) in [5, 5.41) is 2.45. The van der Waals surface area contributed by atoms with E-state index in [0.29, 0.717) is 0 Å². The zero-order valence-corrected chi connectivity index (χ0v) is 11.2. The second-order valence-electron chi connectivity index (χ2n) is 4.24. The van der Waals surface area contributed by atoms with Gasteiger partial charge in [0, 0.05) is 0 Å². The topological polar surface area (TPSA) is 12.4 Å². The average molecular weight is 233 g/mol. The number of rotatable bonds is 5. The summed E-state index contributed by atoms with van der Waals surface area (Å²) < 4.78 is 0. The fourth-order valence-corrected chi connectivity index (χ4v) is 2.08. The van der Waals surface area contributed by atoms with Crippen molar-refractivity contribution in [3.05, 3.63) is 28.8 Å². The van der Waals surface area contributed by atoms with Crippen molar-refractivity contribution in [1.29, 1.82) is 0 Å². The highest BCUT2D eigenvalue weighted by molar-refractivity contribution is 7.78. The summed E-state index contributed by atoms with van der Waals surface area (Å²) in [5.74, 6) is 0. The Labute approximate surface area is 104 Å². The molecule has 0 aliphatic carbocycles. The van der Waals surface area contributed by atoms with Crippen LogP contribution in [0, 0.1) is 13.8 Å². The highest BCUT2D eigenvalue weighted by Gasteiger charge is 2.03. The lowest BCUT2D eigenvalue weighted by Gasteiger charge is -2.08. The maximum absolute atomic E-state index is 4.66. The van der Waals surface area contributed by atoms with Gasteiger partial charge < -0.3 is 0 Å². The molecule has 0 atom stereocenters. The molecule has 0 radical (unpaired) electrons. The SMILES string of the molecule is CCCCCc1cc(C)c(N=C=S)c(C)c1. The Balaban J connectivity index is 2.87. The molecule has 0 aromatic heterocycles. The van der Waals surface area contributed by atoms with Gasteiger partial charge in [-0.15, -0.1) is 0 Å². The zero-order valence-electron chi connectivity index (χ0n) is 10.3. The zero-order chi connectivity index (χ0) is 12.0. The highest BCUT2D eigenvalue weighted by atomic mass is 32.1. The quantitative estimate of drug-likeness (QED) is 0.405. The molecule has 0 spiro atoms. The molecule has 16 heavy (non-hydrogen) atoms. The van der Waals surface area contributed by atoms with Crippen LogP contribution in [0.3, 0.4) is 0 Å². The van der Waals surface area contributed by atoms with Gasteiger partial charge in [0.15, 0.2) is 0 Å². The van der Waals surface area contributed by atoms with Gasteiger partial charge in [0.1, 0.15) is 0 Å². The fraction of sp³-hybridized carbons (Fsp3) is 0.500. The second kappa shape index (κ2) is 6.57. The maximum Gasteiger partial charge on any atom is 0.0797 e. The standard InChI is InChI=1S/C14H19NS/c1-4-5-6-7-13-8-11(2)14(15-10-16)12(3)9-13/h8-9H,4-7H2,1-3H3. The van der Waals surface area contributed by atoms with Crippen LogP contribution in [0.25, 0.3) is 0 Å². The number of benzene rings is 1. The molecule has 0 saturated heterocycles. The van der Waals surface area contributed by atoms with E-state index in [1.807, 2.05) is 0 Å². The van der Waals surface area contributed by atoms with E-state index < -0.39 is 0 Å². The van der Waals surface area contributed by atoms with Crippen molar-refractivity contribution in [2.45, 2.75) is 46.5 Å². The lowest BCUT2D eigenvalue weighted by atomic mass is 10.0. The molecule has 1 nitrogen and oxygen atoms in total. The minimum Gasteiger partial charge on any atom is -0.194 e. The largest absolute Gasteiger partial charge is 0.194 e. The van der Waals surface area contributed by atoms with Gasteiger partial charge >= 0.3 is 0 Å². The molecule has 0 unspecified atom stereocenters. The third-order valence-electron chi connectivity index (χ3n) is 2.78. The molecule has 0 aliphatic rings. The summed E-state index contributed by atoms with van der Waals surface area (Å²) in [5.41, 5.74) is 4.79. The van der Waals surface area contributed by atoms with Crippen molar-refractivity contribution in [3.63, 3.8) is 0 Å². The molecule has 1 rings (SSSR count). The Hall–Kier alpha value is -0.980. The highest BCUT2D eigenvalue weighted by Crippen LogP contribution is 2.25. The van der Waals surface area contributed by atoms with Crippen molar-refractivity contribution in [2.75, 3.05) is 0 Å². The van der Waals surface area contributed by atoms with Crippen molar-refractivity contribution in [2.24, 2.45) is 4.99 Å². The number of aliphatic imine (C=N–C) groups is 1. The Morgan fingerprint density at radius 2 is 1.81 bits per heavy atom. The first-order valence-electron chi connectivity index (χ1n) is 5.87. The van der Waals surface area contributed by atoms with E-state index in [2.05, 4.69) is 55.3 Å². The molecule has 0 bridgehead atoms. The minimum atomic E-state index is 0.981. The number of hydrogen-bond acceptors (Lipinski definition) is 2. The number of aryl methyl sites for hydroxylation is 3. The minimum absolute atomic E-state index is 0.981. The number of thiocarbonyl (C=S) groups is 1. The smallest absolute Gasteiger partial charge is 0.0797 e. The van der Waals surface area contributed by atoms with Crippen LogP contribution in [0.2, 0.25) is 0 Å². The van der Waals surface area contributed by atoms with Gasteiger partial charge in [-0.05, 0) is 55.6 Å². The van der Waals surface area contributed by atoms with Gasteiger partial charge in [-0.3, -0.25) is 0 Å². The first-order chi connectivity index (χ1) is 7.69. The molecule has 0 amide bonds. The van der Waals surface area contributed by atoms with Gasteiger partial charge in [0.2, 0.25) is 0 Å². The van der Waals surface area contributed by atoms with Gasteiger partial charge in [0.25, 0.3) is 0 Å². The first-order valence-corrected chi connectivity index (χ1v) is 6.27. The third-order valence-corrected chi connectivity index (χ3v) is 2.87. The number of hydrogen-bond donors (Lipinski definition) is 0. The van der Waals surface area contributed by atoms with Crippen LogP contribution in [0.4, 0.5) is 5.69 Å². The van der Waals surface area contributed by atoms with Crippen molar-refractivity contribution in [1.82, 2.24) is 0 Å².